The van der Waals surface area contributed by atoms with Gasteiger partial charge in [-0.15, -0.1) is 9.24 Å². The molecule has 26 heavy (non-hydrogen) atoms. The molecule has 1 aliphatic rings. The molecular weight excluding hydrogens is 356 g/mol. The summed E-state index contributed by atoms with van der Waals surface area (Å²) < 4.78 is 21.3. The van der Waals surface area contributed by atoms with Gasteiger partial charge in [-0.3, -0.25) is 4.79 Å². The topological polar surface area (TPSA) is 72.6 Å². The Labute approximate surface area is 151 Å². The normalized spacial score (nSPS) is 17.7. The molecule has 2 unspecified atom stereocenters. The third-order valence-electron chi connectivity index (χ3n) is 4.34. The van der Waals surface area contributed by atoms with E-state index in [4.69, 9.17) is 4.74 Å². The summed E-state index contributed by atoms with van der Waals surface area (Å²) in [4.78, 5) is 22.9. The Morgan fingerprint density at radius 2 is 2.23 bits per heavy atom. The summed E-state index contributed by atoms with van der Waals surface area (Å²) >= 11 is 0. The molecule has 1 aromatic carbocycles. The van der Waals surface area contributed by atoms with E-state index in [9.17, 15) is 9.18 Å². The minimum absolute atomic E-state index is 0.220. The van der Waals surface area contributed by atoms with Crippen LogP contribution in [0.5, 0.6) is 0 Å². The molecule has 0 bridgehead atoms. The fourth-order valence-electron chi connectivity index (χ4n) is 3.04. The van der Waals surface area contributed by atoms with Crippen molar-refractivity contribution >= 4 is 26.2 Å². The molecule has 9 heteroatoms. The van der Waals surface area contributed by atoms with Gasteiger partial charge in [0.15, 0.2) is 0 Å². The molecule has 1 saturated heterocycles. The second-order valence-corrected chi connectivity index (χ2v) is 6.76. The lowest BCUT2D eigenvalue weighted by molar-refractivity contribution is -0.0257. The fourth-order valence-corrected chi connectivity index (χ4v) is 3.22. The summed E-state index contributed by atoms with van der Waals surface area (Å²) in [5.41, 5.74) is 1.91. The average Bonchev–Trinajstić information content (AvgIpc) is 3.11. The number of hydrogen-bond donors (Lipinski definition) is 0. The average molecular weight is 373 g/mol. The number of aromatic nitrogens is 4. The van der Waals surface area contributed by atoms with E-state index < -0.39 is 5.82 Å². The number of morpholine rings is 1. The second-order valence-electron chi connectivity index (χ2n) is 6.14. The molecule has 0 N–H and O–H groups in total. The zero-order chi connectivity index (χ0) is 18.3. The summed E-state index contributed by atoms with van der Waals surface area (Å²) in [5.74, 6) is -0.146. The first-order chi connectivity index (χ1) is 12.5. The Morgan fingerprint density at radius 3 is 3.04 bits per heavy atom. The van der Waals surface area contributed by atoms with Gasteiger partial charge >= 0.3 is 0 Å². The first-order valence-corrected chi connectivity index (χ1v) is 8.74. The van der Waals surface area contributed by atoms with Crippen LogP contribution in [0.25, 0.3) is 5.78 Å². The molecule has 2 aromatic heterocycles. The monoisotopic (exact) mass is 373 g/mol. The maximum absolute atomic E-state index is 13.8. The Balaban J connectivity index is 1.62. The molecule has 1 amide bonds. The molecule has 0 radical (unpaired) electrons. The zero-order valence-corrected chi connectivity index (χ0v) is 15.2. The largest absolute Gasteiger partial charge is 0.368 e. The standard InChI is InChI=1S/C17H17FN5O2P/c1-10-6-13(23-17(21-10)19-9-20-23)14-8-22(4-5-25-14)16(24)11-2-3-15(26)12(18)7-11/h2-3,6-7,9,14H,4-5,8,26H2,1H3. The van der Waals surface area contributed by atoms with E-state index >= 15 is 0 Å². The Kier molecular flexibility index (Phi) is 4.38. The first kappa shape index (κ1) is 17.0. The molecule has 3 heterocycles. The molecule has 134 valence electrons. The van der Waals surface area contributed by atoms with Crippen LogP contribution in [0.3, 0.4) is 0 Å². The van der Waals surface area contributed by atoms with Crippen molar-refractivity contribution in [3.05, 3.63) is 53.4 Å². The second kappa shape index (κ2) is 6.70. The molecule has 0 spiro atoms. The van der Waals surface area contributed by atoms with E-state index in [1.165, 1.54) is 12.4 Å². The number of amides is 1. The van der Waals surface area contributed by atoms with Crippen molar-refractivity contribution < 1.29 is 13.9 Å². The van der Waals surface area contributed by atoms with Crippen LogP contribution in [0.15, 0.2) is 30.6 Å². The van der Waals surface area contributed by atoms with Crippen LogP contribution in [-0.2, 0) is 4.74 Å². The van der Waals surface area contributed by atoms with Gasteiger partial charge in [0.25, 0.3) is 11.7 Å². The highest BCUT2D eigenvalue weighted by atomic mass is 31.0. The van der Waals surface area contributed by atoms with Gasteiger partial charge in [-0.1, -0.05) is 6.07 Å². The van der Waals surface area contributed by atoms with Crippen molar-refractivity contribution in [2.75, 3.05) is 19.7 Å². The lowest BCUT2D eigenvalue weighted by Gasteiger charge is -2.33. The maximum Gasteiger partial charge on any atom is 0.254 e. The zero-order valence-electron chi connectivity index (χ0n) is 14.1. The van der Waals surface area contributed by atoms with Crippen molar-refractivity contribution in [2.24, 2.45) is 0 Å². The van der Waals surface area contributed by atoms with Crippen LogP contribution in [0.1, 0.15) is 27.8 Å². The molecule has 1 aliphatic heterocycles. The summed E-state index contributed by atoms with van der Waals surface area (Å²) in [5, 5.41) is 4.62. The van der Waals surface area contributed by atoms with Gasteiger partial charge in [0.2, 0.25) is 0 Å². The van der Waals surface area contributed by atoms with E-state index in [2.05, 4.69) is 24.3 Å². The number of carbonyl (C=O) groups is 1. The minimum Gasteiger partial charge on any atom is -0.368 e. The number of aryl methyl sites for hydroxylation is 1. The van der Waals surface area contributed by atoms with Crippen LogP contribution in [0.2, 0.25) is 0 Å². The van der Waals surface area contributed by atoms with Crippen LogP contribution >= 0.6 is 9.24 Å². The highest BCUT2D eigenvalue weighted by Gasteiger charge is 2.28. The lowest BCUT2D eigenvalue weighted by atomic mass is 10.1. The number of fused-ring (bicyclic) bond motifs is 1. The first-order valence-electron chi connectivity index (χ1n) is 8.16. The predicted molar refractivity (Wildman–Crippen MR) is 95.9 cm³/mol. The predicted octanol–water partition coefficient (Wildman–Crippen LogP) is 1.29. The van der Waals surface area contributed by atoms with Crippen LogP contribution in [0, 0.1) is 12.7 Å². The number of halogens is 1. The van der Waals surface area contributed by atoms with Gasteiger partial charge in [-0.05, 0) is 25.1 Å². The number of rotatable bonds is 2. The van der Waals surface area contributed by atoms with Gasteiger partial charge in [-0.2, -0.15) is 14.6 Å². The highest BCUT2D eigenvalue weighted by molar-refractivity contribution is 7.27. The minimum atomic E-state index is -0.417. The van der Waals surface area contributed by atoms with Gasteiger partial charge in [0.05, 0.1) is 18.8 Å². The van der Waals surface area contributed by atoms with E-state index in [-0.39, 0.29) is 12.0 Å². The summed E-state index contributed by atoms with van der Waals surface area (Å²) in [6.07, 6.45) is 1.08. The van der Waals surface area contributed by atoms with Gasteiger partial charge < -0.3 is 9.64 Å². The van der Waals surface area contributed by atoms with Crippen molar-refractivity contribution in [1.29, 1.82) is 0 Å². The van der Waals surface area contributed by atoms with Crippen molar-refractivity contribution in [3.63, 3.8) is 0 Å². The quantitative estimate of drug-likeness (QED) is 0.633. The van der Waals surface area contributed by atoms with Crippen LogP contribution in [0.4, 0.5) is 4.39 Å². The number of hydrogen-bond acceptors (Lipinski definition) is 5. The maximum atomic E-state index is 13.8. The SMILES string of the molecule is Cc1cc(C2CN(C(=O)c3ccc(P)c(F)c3)CCO2)n2ncnc2n1. The number of benzene rings is 1. The number of carbonyl (C=O) groups excluding carboxylic acids is 1. The number of ether oxygens (including phenoxy) is 1. The smallest absolute Gasteiger partial charge is 0.254 e. The molecule has 0 aliphatic carbocycles. The molecule has 1 fully saturated rings. The van der Waals surface area contributed by atoms with Gasteiger partial charge in [-0.25, -0.2) is 9.37 Å². The molecule has 3 aromatic rings. The summed E-state index contributed by atoms with van der Waals surface area (Å²) in [6.45, 7) is 3.06. The molecule has 0 saturated carbocycles. The van der Waals surface area contributed by atoms with E-state index in [0.717, 1.165) is 11.4 Å². The van der Waals surface area contributed by atoms with Crippen molar-refractivity contribution in [2.45, 2.75) is 13.0 Å². The third kappa shape index (κ3) is 3.06. The number of nitrogens with zero attached hydrogens (tertiary/aromatic N) is 5. The molecule has 4 rings (SSSR count). The highest BCUT2D eigenvalue weighted by Crippen LogP contribution is 2.24. The van der Waals surface area contributed by atoms with Crippen LogP contribution in [-0.4, -0.2) is 50.1 Å². The fraction of sp³-hybridized carbons (Fsp3) is 0.294. The summed E-state index contributed by atoms with van der Waals surface area (Å²) in [6, 6.07) is 6.35. The molecular formula is C17H17FN5O2P. The van der Waals surface area contributed by atoms with E-state index in [0.29, 0.717) is 36.3 Å². The van der Waals surface area contributed by atoms with E-state index in [1.54, 1.807) is 21.5 Å². The Hall–Kier alpha value is -2.44. The Morgan fingerprint density at radius 1 is 1.38 bits per heavy atom. The van der Waals surface area contributed by atoms with Crippen molar-refractivity contribution in [1.82, 2.24) is 24.5 Å². The lowest BCUT2D eigenvalue weighted by Crippen LogP contribution is -2.42. The summed E-state index contributed by atoms with van der Waals surface area (Å²) in [7, 11) is 2.31. The van der Waals surface area contributed by atoms with E-state index in [1.807, 2.05) is 13.0 Å². The Bertz CT molecular complexity index is 992. The van der Waals surface area contributed by atoms with Gasteiger partial charge in [0.1, 0.15) is 18.2 Å². The molecule has 2 atom stereocenters. The van der Waals surface area contributed by atoms with Gasteiger partial charge in [0, 0.05) is 23.1 Å². The molecule has 7 nitrogen and oxygen atoms in total. The van der Waals surface area contributed by atoms with Crippen molar-refractivity contribution in [3.8, 4) is 0 Å². The third-order valence-corrected chi connectivity index (χ3v) is 4.81. The van der Waals surface area contributed by atoms with Crippen LogP contribution < -0.4 is 5.30 Å².